The Kier molecular flexibility index (Phi) is 8.65. The normalized spacial score (nSPS) is 11.5. The Morgan fingerprint density at radius 2 is 2.06 bits per heavy atom. The molecule has 0 fully saturated rings. The number of halogens is 1. The number of carbonyl (C=O) groups is 1. The number of hydrogen-bond donors (Lipinski definition) is 2. The van der Waals surface area contributed by atoms with Crippen molar-refractivity contribution in [2.75, 3.05) is 17.2 Å². The standard InChI is InChI=1S/C26H31ClN6O2/c1-6-7-12-33-17-20(15-29-33)30-24-28-16-22(27)23(32-24)21-14-19(10-9-18(21)2)31-25(34)35-13-8-11-26(3,4)5/h6,8-11,14-17H,1,7,12-13H2,2-5H3,(H,31,34)(H,28,30,32). The predicted molar refractivity (Wildman–Crippen MR) is 141 cm³/mol. The Bertz CT molecular complexity index is 1210. The highest BCUT2D eigenvalue weighted by atomic mass is 35.5. The van der Waals surface area contributed by atoms with Gasteiger partial charge in [-0.1, -0.05) is 56.7 Å². The topological polar surface area (TPSA) is 94.0 Å². The maximum absolute atomic E-state index is 12.2. The van der Waals surface area contributed by atoms with E-state index in [2.05, 4.69) is 53.1 Å². The first-order valence-corrected chi connectivity index (χ1v) is 11.7. The van der Waals surface area contributed by atoms with Crippen molar-refractivity contribution >= 4 is 35.0 Å². The minimum absolute atomic E-state index is 0.0300. The molecule has 1 amide bonds. The van der Waals surface area contributed by atoms with Crippen LogP contribution in [0.1, 0.15) is 32.8 Å². The number of ether oxygens (including phenoxy) is 1. The molecule has 0 radical (unpaired) electrons. The van der Waals surface area contributed by atoms with Crippen LogP contribution in [0.15, 0.2) is 61.6 Å². The van der Waals surface area contributed by atoms with Gasteiger partial charge in [-0.15, -0.1) is 6.58 Å². The fourth-order valence-corrected chi connectivity index (χ4v) is 3.35. The molecule has 0 aliphatic heterocycles. The molecule has 2 N–H and O–H groups in total. The quantitative estimate of drug-likeness (QED) is 0.319. The minimum atomic E-state index is -0.539. The van der Waals surface area contributed by atoms with Gasteiger partial charge in [0.25, 0.3) is 0 Å². The number of benzene rings is 1. The van der Waals surface area contributed by atoms with Crippen molar-refractivity contribution in [1.82, 2.24) is 19.7 Å². The van der Waals surface area contributed by atoms with Gasteiger partial charge in [0.05, 0.1) is 28.8 Å². The molecule has 0 saturated carbocycles. The Morgan fingerprint density at radius 3 is 2.80 bits per heavy atom. The van der Waals surface area contributed by atoms with E-state index in [4.69, 9.17) is 16.3 Å². The maximum atomic E-state index is 12.2. The zero-order valence-corrected chi connectivity index (χ0v) is 21.3. The number of anilines is 3. The summed E-state index contributed by atoms with van der Waals surface area (Å²) < 4.78 is 7.06. The van der Waals surface area contributed by atoms with Gasteiger partial charge in [0.2, 0.25) is 5.95 Å². The van der Waals surface area contributed by atoms with E-state index in [9.17, 15) is 4.79 Å². The van der Waals surface area contributed by atoms with Crippen molar-refractivity contribution in [1.29, 1.82) is 0 Å². The first-order chi connectivity index (χ1) is 16.6. The van der Waals surface area contributed by atoms with E-state index in [1.165, 1.54) is 0 Å². The highest BCUT2D eigenvalue weighted by Crippen LogP contribution is 2.31. The van der Waals surface area contributed by atoms with Crippen LogP contribution in [0.2, 0.25) is 5.02 Å². The van der Waals surface area contributed by atoms with Crippen LogP contribution in [0.5, 0.6) is 0 Å². The molecule has 9 heteroatoms. The van der Waals surface area contributed by atoms with Gasteiger partial charge < -0.3 is 10.1 Å². The first-order valence-electron chi connectivity index (χ1n) is 11.3. The third-order valence-corrected chi connectivity index (χ3v) is 5.14. The lowest BCUT2D eigenvalue weighted by atomic mass is 9.96. The average molecular weight is 495 g/mol. The van der Waals surface area contributed by atoms with E-state index >= 15 is 0 Å². The molecule has 0 saturated heterocycles. The third-order valence-electron chi connectivity index (χ3n) is 4.86. The number of carbonyl (C=O) groups excluding carboxylic acids is 1. The summed E-state index contributed by atoms with van der Waals surface area (Å²) in [5.74, 6) is 0.385. The molecule has 8 nitrogen and oxygen atoms in total. The number of rotatable bonds is 9. The molecule has 3 aromatic rings. The van der Waals surface area contributed by atoms with Crippen molar-refractivity contribution in [2.24, 2.45) is 5.41 Å². The SMILES string of the molecule is C=CCCn1cc(Nc2ncc(Cl)c(-c3cc(NC(=O)OCC=CC(C)(C)C)ccc3C)n2)cn1. The molecular weight excluding hydrogens is 464 g/mol. The third kappa shape index (κ3) is 7.96. The van der Waals surface area contributed by atoms with E-state index in [0.717, 1.165) is 29.8 Å². The number of nitrogens with one attached hydrogen (secondary N) is 2. The Hall–Kier alpha value is -3.65. The van der Waals surface area contributed by atoms with Gasteiger partial charge in [-0.3, -0.25) is 10.00 Å². The molecule has 1 aromatic carbocycles. The van der Waals surface area contributed by atoms with Gasteiger partial charge in [0.1, 0.15) is 6.61 Å². The van der Waals surface area contributed by atoms with Crippen LogP contribution < -0.4 is 10.6 Å². The van der Waals surface area contributed by atoms with Gasteiger partial charge >= 0.3 is 6.09 Å². The molecule has 3 rings (SSSR count). The second-order valence-electron chi connectivity index (χ2n) is 9.11. The molecule has 2 heterocycles. The molecule has 0 aliphatic rings. The van der Waals surface area contributed by atoms with Gasteiger partial charge in [0.15, 0.2) is 0 Å². The number of nitrogens with zero attached hydrogens (tertiary/aromatic N) is 4. The van der Waals surface area contributed by atoms with Crippen LogP contribution in [-0.2, 0) is 11.3 Å². The van der Waals surface area contributed by atoms with Crippen LogP contribution in [-0.4, -0.2) is 32.4 Å². The lowest BCUT2D eigenvalue weighted by molar-refractivity contribution is 0.174. The summed E-state index contributed by atoms with van der Waals surface area (Å²) in [5.41, 5.74) is 3.63. The Balaban J connectivity index is 1.73. The largest absolute Gasteiger partial charge is 0.445 e. The lowest BCUT2D eigenvalue weighted by Gasteiger charge is -2.13. The van der Waals surface area contributed by atoms with Gasteiger partial charge in [-0.2, -0.15) is 5.10 Å². The molecule has 0 bridgehead atoms. The van der Waals surface area contributed by atoms with Crippen LogP contribution in [0.25, 0.3) is 11.3 Å². The van der Waals surface area contributed by atoms with Crippen molar-refractivity contribution in [3.8, 4) is 11.3 Å². The van der Waals surface area contributed by atoms with E-state index < -0.39 is 6.09 Å². The minimum Gasteiger partial charge on any atom is -0.445 e. The predicted octanol–water partition coefficient (Wildman–Crippen LogP) is 6.77. The number of amides is 1. The Labute approximate surface area is 211 Å². The monoisotopic (exact) mass is 494 g/mol. The maximum Gasteiger partial charge on any atom is 0.411 e. The molecule has 0 unspecified atom stereocenters. The molecule has 0 aliphatic carbocycles. The number of hydrogen-bond acceptors (Lipinski definition) is 6. The van der Waals surface area contributed by atoms with E-state index in [1.807, 2.05) is 48.2 Å². The van der Waals surface area contributed by atoms with Gasteiger partial charge in [-0.05, 0) is 36.5 Å². The molecule has 0 spiro atoms. The van der Waals surface area contributed by atoms with E-state index in [0.29, 0.717) is 22.4 Å². The summed E-state index contributed by atoms with van der Waals surface area (Å²) in [6.45, 7) is 12.8. The molecule has 184 valence electrons. The summed E-state index contributed by atoms with van der Waals surface area (Å²) in [5, 5.41) is 10.6. The van der Waals surface area contributed by atoms with Crippen LogP contribution in [0, 0.1) is 12.3 Å². The highest BCUT2D eigenvalue weighted by Gasteiger charge is 2.13. The first kappa shape index (κ1) is 26.0. The van der Waals surface area contributed by atoms with E-state index in [1.54, 1.807) is 18.5 Å². The van der Waals surface area contributed by atoms with Gasteiger partial charge in [0, 0.05) is 24.0 Å². The van der Waals surface area contributed by atoms with Crippen LogP contribution in [0.3, 0.4) is 0 Å². The van der Waals surface area contributed by atoms with Gasteiger partial charge in [-0.25, -0.2) is 14.8 Å². The summed E-state index contributed by atoms with van der Waals surface area (Å²) in [7, 11) is 0. The summed E-state index contributed by atoms with van der Waals surface area (Å²) >= 11 is 6.45. The second kappa shape index (κ2) is 11.7. The average Bonchev–Trinajstić information content (AvgIpc) is 3.24. The molecule has 35 heavy (non-hydrogen) atoms. The number of aromatic nitrogens is 4. The lowest BCUT2D eigenvalue weighted by Crippen LogP contribution is -2.14. The van der Waals surface area contributed by atoms with Crippen molar-refractivity contribution in [2.45, 2.75) is 40.7 Å². The van der Waals surface area contributed by atoms with Crippen molar-refractivity contribution in [3.63, 3.8) is 0 Å². The molecular formula is C26H31ClN6O2. The summed E-state index contributed by atoms with van der Waals surface area (Å²) in [6.07, 6.45) is 11.1. The fourth-order valence-electron chi connectivity index (χ4n) is 3.15. The fraction of sp³-hybridized carbons (Fsp3) is 0.308. The summed E-state index contributed by atoms with van der Waals surface area (Å²) in [4.78, 5) is 21.1. The smallest absolute Gasteiger partial charge is 0.411 e. The zero-order valence-electron chi connectivity index (χ0n) is 20.5. The number of aryl methyl sites for hydroxylation is 2. The van der Waals surface area contributed by atoms with Crippen molar-refractivity contribution < 1.29 is 9.53 Å². The second-order valence-corrected chi connectivity index (χ2v) is 9.51. The van der Waals surface area contributed by atoms with Crippen LogP contribution >= 0.6 is 11.6 Å². The number of allylic oxidation sites excluding steroid dienone is 2. The molecule has 0 atom stereocenters. The van der Waals surface area contributed by atoms with Crippen LogP contribution in [0.4, 0.5) is 22.1 Å². The summed E-state index contributed by atoms with van der Waals surface area (Å²) in [6, 6.07) is 5.50. The van der Waals surface area contributed by atoms with E-state index in [-0.39, 0.29) is 12.0 Å². The van der Waals surface area contributed by atoms with Crippen molar-refractivity contribution in [3.05, 3.63) is 72.2 Å². The molecule has 2 aromatic heterocycles. The zero-order chi connectivity index (χ0) is 25.4. The highest BCUT2D eigenvalue weighted by molar-refractivity contribution is 6.33. The Morgan fingerprint density at radius 1 is 1.26 bits per heavy atom.